The molecule has 0 amide bonds. The average Bonchev–Trinajstić information content (AvgIpc) is 2.33. The van der Waals surface area contributed by atoms with Crippen molar-refractivity contribution in [2.75, 3.05) is 0 Å². The molecule has 86 valence electrons. The van der Waals surface area contributed by atoms with Crippen molar-refractivity contribution in [2.24, 2.45) is 5.73 Å². The number of rotatable bonds is 3. The molecule has 4 nitrogen and oxygen atoms in total. The highest BCUT2D eigenvalue weighted by Gasteiger charge is 2.02. The maximum Gasteiger partial charge on any atom is 0.148 e. The van der Waals surface area contributed by atoms with Gasteiger partial charge in [0, 0.05) is 11.8 Å². The predicted molar refractivity (Wildman–Crippen MR) is 66.5 cm³/mol. The number of nitrogens with zero attached hydrogens (tertiary/aromatic N) is 1. The standard InChI is InChI=1S/C13H13N3O/c1-9-12(3-2-8-16-9)17-11-6-4-10(5-7-11)13(14)15/h2-8H,1H3,(H3,14,15). The number of hydrogen-bond donors (Lipinski definition) is 2. The molecule has 0 saturated heterocycles. The monoisotopic (exact) mass is 227 g/mol. The molecule has 0 aliphatic heterocycles. The van der Waals surface area contributed by atoms with Gasteiger partial charge in [0.1, 0.15) is 17.3 Å². The minimum absolute atomic E-state index is 0.0501. The fourth-order valence-electron chi connectivity index (χ4n) is 1.41. The smallest absolute Gasteiger partial charge is 0.148 e. The molecule has 0 aliphatic carbocycles. The van der Waals surface area contributed by atoms with Crippen LogP contribution < -0.4 is 10.5 Å². The third-order valence-corrected chi connectivity index (χ3v) is 2.35. The van der Waals surface area contributed by atoms with Crippen molar-refractivity contribution in [1.29, 1.82) is 5.41 Å². The van der Waals surface area contributed by atoms with Gasteiger partial charge in [0.2, 0.25) is 0 Å². The van der Waals surface area contributed by atoms with Gasteiger partial charge in [0.05, 0.1) is 5.69 Å². The van der Waals surface area contributed by atoms with Crippen molar-refractivity contribution in [3.05, 3.63) is 53.9 Å². The topological polar surface area (TPSA) is 72.0 Å². The molecule has 0 atom stereocenters. The van der Waals surface area contributed by atoms with Gasteiger partial charge >= 0.3 is 0 Å². The zero-order valence-electron chi connectivity index (χ0n) is 9.47. The first-order chi connectivity index (χ1) is 8.16. The second-order valence-corrected chi connectivity index (χ2v) is 3.63. The summed E-state index contributed by atoms with van der Waals surface area (Å²) < 4.78 is 5.67. The summed E-state index contributed by atoms with van der Waals surface area (Å²) in [5.74, 6) is 1.48. The largest absolute Gasteiger partial charge is 0.455 e. The van der Waals surface area contributed by atoms with Crippen LogP contribution in [0, 0.1) is 12.3 Å². The second kappa shape index (κ2) is 4.65. The maximum absolute atomic E-state index is 7.29. The molecular weight excluding hydrogens is 214 g/mol. The van der Waals surface area contributed by atoms with Gasteiger partial charge in [0.25, 0.3) is 0 Å². The van der Waals surface area contributed by atoms with E-state index in [0.29, 0.717) is 11.3 Å². The van der Waals surface area contributed by atoms with E-state index in [9.17, 15) is 0 Å². The van der Waals surface area contributed by atoms with E-state index in [0.717, 1.165) is 11.4 Å². The quantitative estimate of drug-likeness (QED) is 0.625. The Hall–Kier alpha value is -2.36. The summed E-state index contributed by atoms with van der Waals surface area (Å²) in [6.07, 6.45) is 1.72. The molecule has 1 aromatic carbocycles. The van der Waals surface area contributed by atoms with Crippen molar-refractivity contribution in [2.45, 2.75) is 6.92 Å². The van der Waals surface area contributed by atoms with Gasteiger partial charge in [0.15, 0.2) is 0 Å². The summed E-state index contributed by atoms with van der Waals surface area (Å²) in [6, 6.07) is 10.8. The van der Waals surface area contributed by atoms with Crippen LogP contribution in [0.2, 0.25) is 0 Å². The van der Waals surface area contributed by atoms with Gasteiger partial charge in [-0.15, -0.1) is 0 Å². The molecule has 1 heterocycles. The highest BCUT2D eigenvalue weighted by molar-refractivity contribution is 5.94. The Kier molecular flexibility index (Phi) is 3.05. The highest BCUT2D eigenvalue weighted by Crippen LogP contribution is 2.23. The van der Waals surface area contributed by atoms with E-state index in [1.165, 1.54) is 0 Å². The number of amidine groups is 1. The van der Waals surface area contributed by atoms with E-state index in [-0.39, 0.29) is 5.84 Å². The van der Waals surface area contributed by atoms with Crippen molar-refractivity contribution < 1.29 is 4.74 Å². The molecule has 0 aliphatic rings. The number of aromatic nitrogens is 1. The van der Waals surface area contributed by atoms with Crippen LogP contribution >= 0.6 is 0 Å². The molecule has 3 N–H and O–H groups in total. The Morgan fingerprint density at radius 2 is 1.94 bits per heavy atom. The molecule has 0 radical (unpaired) electrons. The lowest BCUT2D eigenvalue weighted by atomic mass is 10.2. The number of benzene rings is 1. The summed E-state index contributed by atoms with van der Waals surface area (Å²) in [7, 11) is 0. The molecular formula is C13H13N3O. The number of hydrogen-bond acceptors (Lipinski definition) is 3. The second-order valence-electron chi connectivity index (χ2n) is 3.63. The van der Waals surface area contributed by atoms with Gasteiger partial charge in [-0.05, 0) is 43.3 Å². The summed E-state index contributed by atoms with van der Waals surface area (Å²) in [4.78, 5) is 4.14. The lowest BCUT2D eigenvalue weighted by molar-refractivity contribution is 0.475. The maximum atomic E-state index is 7.29. The third-order valence-electron chi connectivity index (χ3n) is 2.35. The van der Waals surface area contributed by atoms with E-state index < -0.39 is 0 Å². The van der Waals surface area contributed by atoms with Gasteiger partial charge in [-0.3, -0.25) is 10.4 Å². The number of nitrogens with two attached hydrogens (primary N) is 1. The first-order valence-corrected chi connectivity index (χ1v) is 5.21. The van der Waals surface area contributed by atoms with Gasteiger partial charge in [-0.2, -0.15) is 0 Å². The Balaban J connectivity index is 2.20. The van der Waals surface area contributed by atoms with Gasteiger partial charge in [-0.25, -0.2) is 0 Å². The summed E-state index contributed by atoms with van der Waals surface area (Å²) in [5.41, 5.74) is 6.89. The van der Waals surface area contributed by atoms with E-state index in [4.69, 9.17) is 15.9 Å². The Labute approximate surface area is 99.6 Å². The average molecular weight is 227 g/mol. The molecule has 2 rings (SSSR count). The molecule has 2 aromatic rings. The first-order valence-electron chi connectivity index (χ1n) is 5.21. The van der Waals surface area contributed by atoms with Crippen molar-refractivity contribution in [3.63, 3.8) is 0 Å². The van der Waals surface area contributed by atoms with Crippen LogP contribution in [0.3, 0.4) is 0 Å². The molecule has 1 aromatic heterocycles. The van der Waals surface area contributed by atoms with Crippen molar-refractivity contribution in [3.8, 4) is 11.5 Å². The summed E-state index contributed by atoms with van der Waals surface area (Å²) in [6.45, 7) is 1.89. The van der Waals surface area contributed by atoms with E-state index in [2.05, 4.69) is 4.98 Å². The van der Waals surface area contributed by atoms with E-state index in [1.54, 1.807) is 30.5 Å². The Morgan fingerprint density at radius 1 is 1.24 bits per heavy atom. The van der Waals surface area contributed by atoms with Crippen molar-refractivity contribution >= 4 is 5.84 Å². The third kappa shape index (κ3) is 2.60. The SMILES string of the molecule is Cc1ncccc1Oc1ccc(C(=N)N)cc1. The molecule has 17 heavy (non-hydrogen) atoms. The van der Waals surface area contributed by atoms with Crippen LogP contribution in [0.15, 0.2) is 42.6 Å². The Morgan fingerprint density at radius 3 is 2.53 bits per heavy atom. The van der Waals surface area contributed by atoms with Crippen LogP contribution in [-0.4, -0.2) is 10.8 Å². The molecule has 0 fully saturated rings. The number of nitrogen functional groups attached to an aromatic ring is 1. The minimum Gasteiger partial charge on any atom is -0.455 e. The summed E-state index contributed by atoms with van der Waals surface area (Å²) >= 11 is 0. The minimum atomic E-state index is 0.0501. The Bertz CT molecular complexity index is 535. The van der Waals surface area contributed by atoms with Crippen molar-refractivity contribution in [1.82, 2.24) is 4.98 Å². The van der Waals surface area contributed by atoms with E-state index >= 15 is 0 Å². The molecule has 0 bridgehead atoms. The van der Waals surface area contributed by atoms with Gasteiger partial charge < -0.3 is 10.5 Å². The van der Waals surface area contributed by atoms with Crippen LogP contribution in [-0.2, 0) is 0 Å². The summed E-state index contributed by atoms with van der Waals surface area (Å²) in [5, 5.41) is 7.29. The fraction of sp³-hybridized carbons (Fsp3) is 0.0769. The zero-order chi connectivity index (χ0) is 12.3. The first kappa shape index (κ1) is 11.1. The van der Waals surface area contributed by atoms with Crippen LogP contribution in [0.4, 0.5) is 0 Å². The normalized spacial score (nSPS) is 9.94. The number of ether oxygens (including phenoxy) is 1. The van der Waals surface area contributed by atoms with Gasteiger partial charge in [-0.1, -0.05) is 0 Å². The zero-order valence-corrected chi connectivity index (χ0v) is 9.47. The number of pyridine rings is 1. The van der Waals surface area contributed by atoms with Crippen LogP contribution in [0.5, 0.6) is 11.5 Å². The van der Waals surface area contributed by atoms with Crippen LogP contribution in [0.25, 0.3) is 0 Å². The number of aryl methyl sites for hydroxylation is 1. The molecule has 4 heteroatoms. The lowest BCUT2D eigenvalue weighted by Gasteiger charge is -2.07. The molecule has 0 saturated carbocycles. The highest BCUT2D eigenvalue weighted by atomic mass is 16.5. The lowest BCUT2D eigenvalue weighted by Crippen LogP contribution is -2.10. The fourth-order valence-corrected chi connectivity index (χ4v) is 1.41. The van der Waals surface area contributed by atoms with Crippen LogP contribution in [0.1, 0.15) is 11.3 Å². The number of nitrogens with one attached hydrogen (secondary N) is 1. The predicted octanol–water partition coefficient (Wildman–Crippen LogP) is 2.47. The molecule has 0 spiro atoms. The molecule has 0 unspecified atom stereocenters. The van der Waals surface area contributed by atoms with E-state index in [1.807, 2.05) is 19.1 Å².